The van der Waals surface area contributed by atoms with E-state index in [2.05, 4.69) is 18.2 Å². The van der Waals surface area contributed by atoms with E-state index in [1.807, 2.05) is 30.3 Å². The number of para-hydroxylation sites is 1. The summed E-state index contributed by atoms with van der Waals surface area (Å²) >= 11 is 0. The molecule has 0 bridgehead atoms. The van der Waals surface area contributed by atoms with Gasteiger partial charge in [0, 0.05) is 43.6 Å². The topological polar surface area (TPSA) is 74.4 Å². The van der Waals surface area contributed by atoms with E-state index < -0.39 is 0 Å². The molecule has 1 aliphatic carbocycles. The molecule has 0 unspecified atom stereocenters. The third-order valence-corrected chi connectivity index (χ3v) is 5.24. The van der Waals surface area contributed by atoms with Crippen molar-refractivity contribution in [2.24, 2.45) is 5.73 Å². The molecule has 0 saturated carbocycles. The molecule has 0 radical (unpaired) electrons. The van der Waals surface area contributed by atoms with Crippen LogP contribution >= 0.6 is 0 Å². The summed E-state index contributed by atoms with van der Waals surface area (Å²) in [5.74, 6) is 0.907. The molecule has 120 valence electrons. The van der Waals surface area contributed by atoms with E-state index >= 15 is 0 Å². The number of hydrogen-bond acceptors (Lipinski definition) is 4. The molecule has 0 saturated heterocycles. The summed E-state index contributed by atoms with van der Waals surface area (Å²) < 4.78 is 12.0. The molecule has 0 spiro atoms. The number of benzene rings is 3. The van der Waals surface area contributed by atoms with Crippen molar-refractivity contribution in [3.63, 3.8) is 0 Å². The molecule has 4 nitrogen and oxygen atoms in total. The van der Waals surface area contributed by atoms with E-state index in [4.69, 9.17) is 20.6 Å². The van der Waals surface area contributed by atoms with Crippen LogP contribution in [-0.4, -0.2) is 6.61 Å². The van der Waals surface area contributed by atoms with Gasteiger partial charge < -0.3 is 20.6 Å². The molecule has 4 heteroatoms. The Hall–Kier alpha value is -3.40. The van der Waals surface area contributed by atoms with Crippen LogP contribution in [0.5, 0.6) is 5.75 Å². The zero-order valence-corrected chi connectivity index (χ0v) is 13.3. The number of nitrogens with two attached hydrogens (primary N) is 2. The van der Waals surface area contributed by atoms with Crippen molar-refractivity contribution in [3.05, 3.63) is 58.5 Å². The lowest BCUT2D eigenvalue weighted by Crippen LogP contribution is -2.14. The highest BCUT2D eigenvalue weighted by Crippen LogP contribution is 2.44. The summed E-state index contributed by atoms with van der Waals surface area (Å²) in [6.07, 6.45) is 2.09. The Morgan fingerprint density at radius 1 is 0.920 bits per heavy atom. The third kappa shape index (κ3) is 1.43. The normalized spacial score (nSPS) is 14.3. The van der Waals surface area contributed by atoms with Gasteiger partial charge in [0.1, 0.15) is 17.9 Å². The summed E-state index contributed by atoms with van der Waals surface area (Å²) in [6.45, 7) is 0.593. The van der Waals surface area contributed by atoms with Crippen molar-refractivity contribution in [2.75, 3.05) is 12.3 Å². The van der Waals surface area contributed by atoms with E-state index in [0.29, 0.717) is 12.3 Å². The van der Waals surface area contributed by atoms with Gasteiger partial charge in [0.25, 0.3) is 0 Å². The smallest absolute Gasteiger partial charge is 0.158 e. The van der Waals surface area contributed by atoms with Crippen LogP contribution < -0.4 is 26.6 Å². The molecule has 3 aromatic carbocycles. The molecule has 4 N–H and O–H groups in total. The van der Waals surface area contributed by atoms with E-state index in [0.717, 1.165) is 60.5 Å². The summed E-state index contributed by atoms with van der Waals surface area (Å²) in [6, 6.07) is 14.0. The fraction of sp³-hybridized carbons (Fsp3) is 0.0476. The van der Waals surface area contributed by atoms with Crippen molar-refractivity contribution in [3.8, 4) is 16.9 Å². The highest BCUT2D eigenvalue weighted by Gasteiger charge is 2.28. The van der Waals surface area contributed by atoms with Crippen molar-refractivity contribution < 1.29 is 9.15 Å². The largest absolute Gasteiger partial charge is 0.488 e. The van der Waals surface area contributed by atoms with Crippen LogP contribution in [-0.2, 0) is 0 Å². The quantitative estimate of drug-likeness (QED) is 0.487. The Labute approximate surface area is 142 Å². The Morgan fingerprint density at radius 3 is 2.76 bits per heavy atom. The number of furan rings is 1. The van der Waals surface area contributed by atoms with E-state index in [9.17, 15) is 0 Å². The third-order valence-electron chi connectivity index (χ3n) is 5.24. The summed E-state index contributed by atoms with van der Waals surface area (Å²) in [7, 11) is 0. The lowest BCUT2D eigenvalue weighted by molar-refractivity contribution is 0.387. The van der Waals surface area contributed by atoms with E-state index in [1.54, 1.807) is 0 Å². The van der Waals surface area contributed by atoms with Gasteiger partial charge in [-0.2, -0.15) is 0 Å². The maximum atomic E-state index is 6.48. The van der Waals surface area contributed by atoms with Crippen LogP contribution in [0, 0.1) is 0 Å². The Morgan fingerprint density at radius 2 is 1.84 bits per heavy atom. The van der Waals surface area contributed by atoms with Gasteiger partial charge in [0.15, 0.2) is 5.58 Å². The second-order valence-electron chi connectivity index (χ2n) is 6.52. The highest BCUT2D eigenvalue weighted by molar-refractivity contribution is 6.18. The van der Waals surface area contributed by atoms with Gasteiger partial charge in [-0.25, -0.2) is 0 Å². The van der Waals surface area contributed by atoms with Gasteiger partial charge in [-0.3, -0.25) is 0 Å². The molecule has 2 aliphatic rings. The number of hydrogen-bond donors (Lipinski definition) is 2. The standard InChI is InChI=1S/C21H14N2O2/c22-14-3-1-2-13-16-15(25-21(13)14)7-6-11-17(16)18-12(19(11)23)5-4-10-8-9-24-20(10)18/h1-8H,9,22-23H2. The summed E-state index contributed by atoms with van der Waals surface area (Å²) in [5, 5.41) is 4.19. The van der Waals surface area contributed by atoms with Crippen LogP contribution in [0.25, 0.3) is 44.8 Å². The number of fused-ring (bicyclic) bond motifs is 9. The first-order valence-electron chi connectivity index (χ1n) is 8.24. The average molecular weight is 326 g/mol. The number of anilines is 1. The van der Waals surface area contributed by atoms with Gasteiger partial charge in [-0.1, -0.05) is 24.3 Å². The fourth-order valence-electron chi connectivity index (χ4n) is 4.14. The lowest BCUT2D eigenvalue weighted by Gasteiger charge is -2.08. The Bertz CT molecular complexity index is 1360. The molecule has 2 heterocycles. The van der Waals surface area contributed by atoms with Crippen molar-refractivity contribution >= 4 is 39.4 Å². The van der Waals surface area contributed by atoms with Crippen LogP contribution in [0.1, 0.15) is 5.56 Å². The molecule has 1 aliphatic heterocycles. The van der Waals surface area contributed by atoms with Crippen LogP contribution in [0.3, 0.4) is 0 Å². The van der Waals surface area contributed by atoms with Crippen LogP contribution in [0.4, 0.5) is 5.69 Å². The molecule has 4 aromatic rings. The van der Waals surface area contributed by atoms with Gasteiger partial charge in [-0.15, -0.1) is 0 Å². The van der Waals surface area contributed by atoms with Crippen molar-refractivity contribution in [1.29, 1.82) is 0 Å². The van der Waals surface area contributed by atoms with Crippen LogP contribution in [0.2, 0.25) is 0 Å². The molecular formula is C21H14N2O2. The summed E-state index contributed by atoms with van der Waals surface area (Å²) in [5.41, 5.74) is 18.7. The number of rotatable bonds is 0. The van der Waals surface area contributed by atoms with Gasteiger partial charge >= 0.3 is 0 Å². The summed E-state index contributed by atoms with van der Waals surface area (Å²) in [4.78, 5) is 0. The minimum absolute atomic E-state index is 0.593. The van der Waals surface area contributed by atoms with Crippen molar-refractivity contribution in [2.45, 2.75) is 0 Å². The lowest BCUT2D eigenvalue weighted by atomic mass is 9.97. The minimum Gasteiger partial charge on any atom is -0.488 e. The van der Waals surface area contributed by atoms with Gasteiger partial charge in [0.2, 0.25) is 0 Å². The highest BCUT2D eigenvalue weighted by atomic mass is 16.5. The first-order chi connectivity index (χ1) is 12.2. The van der Waals surface area contributed by atoms with E-state index in [-0.39, 0.29) is 0 Å². The first kappa shape index (κ1) is 13.0. The number of nitrogen functional groups attached to an aromatic ring is 1. The monoisotopic (exact) mass is 326 g/mol. The van der Waals surface area contributed by atoms with Gasteiger partial charge in [-0.05, 0) is 24.3 Å². The molecule has 25 heavy (non-hydrogen) atoms. The average Bonchev–Trinajstić information content (AvgIpc) is 3.30. The van der Waals surface area contributed by atoms with E-state index in [1.165, 1.54) is 0 Å². The Kier molecular flexibility index (Phi) is 2.16. The van der Waals surface area contributed by atoms with Gasteiger partial charge in [0.05, 0.1) is 5.69 Å². The maximum absolute atomic E-state index is 6.48. The molecular weight excluding hydrogens is 312 g/mol. The van der Waals surface area contributed by atoms with Crippen LogP contribution in [0.15, 0.2) is 46.9 Å². The first-order valence-corrected chi connectivity index (χ1v) is 8.24. The second kappa shape index (κ2) is 4.16. The predicted octanol–water partition coefficient (Wildman–Crippen LogP) is 2.44. The zero-order chi connectivity index (χ0) is 16.7. The predicted molar refractivity (Wildman–Crippen MR) is 99.5 cm³/mol. The SMILES string of the molecule is NC1=c2ccc3c(c2-c2c1ccc1oc4c(N)cccc4c21)OCC=3. The van der Waals surface area contributed by atoms with Crippen molar-refractivity contribution in [1.82, 2.24) is 0 Å². The minimum atomic E-state index is 0.593. The molecule has 0 amide bonds. The molecule has 0 atom stereocenters. The maximum Gasteiger partial charge on any atom is 0.158 e. The number of ether oxygens (including phenoxy) is 1. The zero-order valence-electron chi connectivity index (χ0n) is 13.3. The fourth-order valence-corrected chi connectivity index (χ4v) is 4.14. The molecule has 0 fully saturated rings. The Balaban J connectivity index is 1.89. The second-order valence-corrected chi connectivity index (χ2v) is 6.52. The molecule has 1 aromatic heterocycles. The molecule has 6 rings (SSSR count).